The molecule has 0 heterocycles. The molecule has 3 aromatic carbocycles. The van der Waals surface area contributed by atoms with Gasteiger partial charge >= 0.3 is 18.0 Å². The Morgan fingerprint density at radius 3 is 2.07 bits per heavy atom. The number of ether oxygens (including phenoxy) is 2. The largest absolute Gasteiger partial charge is 0.481 e. The summed E-state index contributed by atoms with van der Waals surface area (Å²) in [5.41, 5.74) is 5.03. The molecule has 0 saturated carbocycles. The van der Waals surface area contributed by atoms with Gasteiger partial charge in [0.2, 0.25) is 5.91 Å². The maximum Gasteiger partial charge on any atom is 0.407 e. The van der Waals surface area contributed by atoms with Crippen molar-refractivity contribution in [1.82, 2.24) is 10.2 Å². The highest BCUT2D eigenvalue weighted by molar-refractivity contribution is 5.90. The van der Waals surface area contributed by atoms with Crippen molar-refractivity contribution in [3.05, 3.63) is 95.6 Å². The highest BCUT2D eigenvalue weighted by Crippen LogP contribution is 2.44. The van der Waals surface area contributed by atoms with E-state index in [-0.39, 0.29) is 38.6 Å². The van der Waals surface area contributed by atoms with Gasteiger partial charge in [0, 0.05) is 19.0 Å². The van der Waals surface area contributed by atoms with E-state index in [1.807, 2.05) is 73.7 Å². The molecular formula is C32H34N2O7. The van der Waals surface area contributed by atoms with Crippen molar-refractivity contribution in [2.75, 3.05) is 19.7 Å². The number of fused-ring (bicyclic) bond motifs is 3. The minimum Gasteiger partial charge on any atom is -0.481 e. The molecular weight excluding hydrogens is 524 g/mol. The fraction of sp³-hybridized carbons (Fsp3) is 0.312. The van der Waals surface area contributed by atoms with Crippen molar-refractivity contribution in [1.29, 1.82) is 0 Å². The quantitative estimate of drug-likeness (QED) is 0.291. The lowest BCUT2D eigenvalue weighted by molar-refractivity contribution is -0.149. The number of carbonyl (C=O) groups is 4. The molecule has 214 valence electrons. The van der Waals surface area contributed by atoms with E-state index in [0.717, 1.165) is 27.8 Å². The predicted octanol–water partition coefficient (Wildman–Crippen LogP) is 4.74. The Morgan fingerprint density at radius 2 is 1.46 bits per heavy atom. The van der Waals surface area contributed by atoms with Crippen LogP contribution in [0.4, 0.5) is 4.79 Å². The molecule has 0 unspecified atom stereocenters. The first kappa shape index (κ1) is 29.3. The number of nitrogens with one attached hydrogen (secondary N) is 1. The standard InChI is InChI=1S/C32H34N2O7/c1-2-17-34(18-16-29(35)36)31(38)28(19-30(37)40-20-22-10-4-3-5-11-22)33-32(39)41-21-27-25-14-8-6-12-23(25)24-13-7-9-15-26(24)27/h3-15,27-28H,2,16-21H2,1H3,(H,33,39)(H,35,36)/t28-/m0/s1. The van der Waals surface area contributed by atoms with E-state index in [0.29, 0.717) is 6.42 Å². The van der Waals surface area contributed by atoms with Crippen molar-refractivity contribution in [3.63, 3.8) is 0 Å². The topological polar surface area (TPSA) is 122 Å². The van der Waals surface area contributed by atoms with Gasteiger partial charge in [-0.3, -0.25) is 14.4 Å². The van der Waals surface area contributed by atoms with Gasteiger partial charge in [0.25, 0.3) is 0 Å². The van der Waals surface area contributed by atoms with Crippen molar-refractivity contribution in [2.24, 2.45) is 0 Å². The highest BCUT2D eigenvalue weighted by atomic mass is 16.5. The summed E-state index contributed by atoms with van der Waals surface area (Å²) in [4.78, 5) is 51.7. The van der Waals surface area contributed by atoms with Gasteiger partial charge in [0.15, 0.2) is 0 Å². The first-order valence-corrected chi connectivity index (χ1v) is 13.7. The third-order valence-corrected chi connectivity index (χ3v) is 6.95. The van der Waals surface area contributed by atoms with Crippen LogP contribution in [0.25, 0.3) is 11.1 Å². The summed E-state index contributed by atoms with van der Waals surface area (Å²) >= 11 is 0. The number of rotatable bonds is 13. The zero-order valence-electron chi connectivity index (χ0n) is 23.0. The molecule has 1 aliphatic rings. The predicted molar refractivity (Wildman–Crippen MR) is 152 cm³/mol. The van der Waals surface area contributed by atoms with Gasteiger partial charge in [0.05, 0.1) is 12.8 Å². The van der Waals surface area contributed by atoms with Crippen LogP contribution in [0, 0.1) is 0 Å². The van der Waals surface area contributed by atoms with E-state index in [4.69, 9.17) is 14.6 Å². The Kier molecular flexibility index (Phi) is 10.1. The molecule has 9 heteroatoms. The molecule has 3 aromatic rings. The van der Waals surface area contributed by atoms with Crippen LogP contribution in [0.15, 0.2) is 78.9 Å². The zero-order chi connectivity index (χ0) is 29.2. The van der Waals surface area contributed by atoms with Crippen LogP contribution in [-0.4, -0.2) is 59.7 Å². The average molecular weight is 559 g/mol. The molecule has 0 aromatic heterocycles. The lowest BCUT2D eigenvalue weighted by atomic mass is 9.98. The van der Waals surface area contributed by atoms with E-state index in [1.54, 1.807) is 12.1 Å². The molecule has 0 spiro atoms. The van der Waals surface area contributed by atoms with Gasteiger partial charge in [-0.25, -0.2) is 4.79 Å². The Balaban J connectivity index is 1.44. The van der Waals surface area contributed by atoms with Crippen molar-refractivity contribution in [3.8, 4) is 11.1 Å². The second-order valence-corrected chi connectivity index (χ2v) is 9.84. The van der Waals surface area contributed by atoms with E-state index in [1.165, 1.54) is 4.90 Å². The van der Waals surface area contributed by atoms with Crippen molar-refractivity contribution in [2.45, 2.75) is 44.8 Å². The Hall–Kier alpha value is -4.66. The number of carboxylic acid groups (broad SMARTS) is 1. The second kappa shape index (κ2) is 14.1. The number of hydrogen-bond donors (Lipinski definition) is 2. The fourth-order valence-electron chi connectivity index (χ4n) is 5.00. The van der Waals surface area contributed by atoms with Gasteiger partial charge in [-0.2, -0.15) is 0 Å². The maximum absolute atomic E-state index is 13.4. The molecule has 0 bridgehead atoms. The molecule has 0 saturated heterocycles. The molecule has 0 fully saturated rings. The number of amides is 2. The molecule has 1 aliphatic carbocycles. The zero-order valence-corrected chi connectivity index (χ0v) is 23.0. The average Bonchev–Trinajstić information content (AvgIpc) is 3.30. The second-order valence-electron chi connectivity index (χ2n) is 9.84. The summed E-state index contributed by atoms with van der Waals surface area (Å²) in [6, 6.07) is 23.7. The monoisotopic (exact) mass is 558 g/mol. The third kappa shape index (κ3) is 7.72. The summed E-state index contributed by atoms with van der Waals surface area (Å²) < 4.78 is 11.0. The highest BCUT2D eigenvalue weighted by Gasteiger charge is 2.32. The van der Waals surface area contributed by atoms with Gasteiger partial charge in [0.1, 0.15) is 19.3 Å². The Labute approximate surface area is 239 Å². The van der Waals surface area contributed by atoms with Gasteiger partial charge < -0.3 is 24.8 Å². The van der Waals surface area contributed by atoms with Crippen molar-refractivity contribution < 1.29 is 33.8 Å². The number of alkyl carbamates (subject to hydrolysis) is 1. The number of aliphatic carboxylic acids is 1. The molecule has 41 heavy (non-hydrogen) atoms. The van der Waals surface area contributed by atoms with Crippen LogP contribution < -0.4 is 5.32 Å². The van der Waals surface area contributed by atoms with Crippen LogP contribution >= 0.6 is 0 Å². The van der Waals surface area contributed by atoms with Crippen molar-refractivity contribution >= 4 is 23.9 Å². The first-order valence-electron chi connectivity index (χ1n) is 13.7. The smallest absolute Gasteiger partial charge is 0.407 e. The maximum atomic E-state index is 13.4. The van der Waals surface area contributed by atoms with E-state index in [2.05, 4.69) is 5.32 Å². The number of nitrogens with zero attached hydrogens (tertiary/aromatic N) is 1. The molecule has 9 nitrogen and oxygen atoms in total. The normalized spacial score (nSPS) is 12.5. The van der Waals surface area contributed by atoms with Gasteiger partial charge in [-0.1, -0.05) is 85.8 Å². The lowest BCUT2D eigenvalue weighted by Crippen LogP contribution is -2.50. The minimum atomic E-state index is -1.28. The molecule has 0 aliphatic heterocycles. The summed E-state index contributed by atoms with van der Waals surface area (Å²) in [5, 5.41) is 11.7. The summed E-state index contributed by atoms with van der Waals surface area (Å²) in [6.07, 6.45) is -0.970. The van der Waals surface area contributed by atoms with E-state index >= 15 is 0 Å². The number of carbonyl (C=O) groups excluding carboxylic acids is 3. The summed E-state index contributed by atoms with van der Waals surface area (Å²) in [6.45, 7) is 2.13. The Bertz CT molecular complexity index is 1330. The molecule has 1 atom stereocenters. The van der Waals surface area contributed by atoms with Crippen LogP contribution in [-0.2, 0) is 30.5 Å². The molecule has 2 amide bonds. The molecule has 4 rings (SSSR count). The van der Waals surface area contributed by atoms with Gasteiger partial charge in [-0.15, -0.1) is 0 Å². The number of hydrogen-bond acceptors (Lipinski definition) is 6. The van der Waals surface area contributed by atoms with Crippen LogP contribution in [0.3, 0.4) is 0 Å². The SMILES string of the molecule is CCCN(CCC(=O)O)C(=O)[C@H](CC(=O)OCc1ccccc1)NC(=O)OCC1c2ccccc2-c2ccccc21. The van der Waals surface area contributed by atoms with Crippen LogP contribution in [0.5, 0.6) is 0 Å². The minimum absolute atomic E-state index is 0.0171. The van der Waals surface area contributed by atoms with E-state index in [9.17, 15) is 19.2 Å². The Morgan fingerprint density at radius 1 is 0.854 bits per heavy atom. The van der Waals surface area contributed by atoms with E-state index < -0.39 is 36.4 Å². The third-order valence-electron chi connectivity index (χ3n) is 6.95. The number of benzene rings is 3. The fourth-order valence-corrected chi connectivity index (χ4v) is 5.00. The number of carboxylic acids is 1. The number of esters is 1. The lowest BCUT2D eigenvalue weighted by Gasteiger charge is -2.27. The van der Waals surface area contributed by atoms with Crippen LogP contribution in [0.2, 0.25) is 0 Å². The first-order chi connectivity index (χ1) is 19.9. The molecule has 0 radical (unpaired) electrons. The summed E-state index contributed by atoms with van der Waals surface area (Å²) in [7, 11) is 0. The molecule has 2 N–H and O–H groups in total. The summed E-state index contributed by atoms with van der Waals surface area (Å²) in [5.74, 6) is -2.48. The van der Waals surface area contributed by atoms with Crippen LogP contribution in [0.1, 0.15) is 48.8 Å². The van der Waals surface area contributed by atoms with Gasteiger partial charge in [-0.05, 0) is 34.2 Å².